The molecule has 680 valence electrons. The lowest BCUT2D eigenvalue weighted by Crippen LogP contribution is -2.60. The molecule has 15 unspecified atom stereocenters. The van der Waals surface area contributed by atoms with Gasteiger partial charge in [0.25, 0.3) is 0 Å². The Morgan fingerprint density at radius 1 is 0.345 bits per heavy atom. The first-order valence-electron chi connectivity index (χ1n) is 43.8. The SMILES string of the molecule is CO[C@H]1[C@H](OC(C)CCCCCC(CCCCCCCCCCCCCCCC2CC(=O)OCC3OC(OC(CCCCCCCCCCCCCC(CCCCCC(C)=O)O[C@@H]4O[C@H](CO)[C@@H](O)[C@H](O)[C@H]4OC)CC(=O)OCC4OC(O2)C(O)C(O)C4O)C(O)C(O)C3O)O[C@@H]2O[C@H](CO)[C@@H](O)[C@H](O)[C@H]2OC)O[C@H](CO)[C@@H](O)[C@@H]1O. The highest BCUT2D eigenvalue weighted by atomic mass is 16.8. The summed E-state index contributed by atoms with van der Waals surface area (Å²) < 4.78 is 88.2. The fraction of sp³-hybridized carbons (Fsp3) is 0.964. The van der Waals surface area contributed by atoms with E-state index in [1.54, 1.807) is 6.92 Å². The van der Waals surface area contributed by atoms with Gasteiger partial charge in [-0.05, 0) is 65.2 Å². The van der Waals surface area contributed by atoms with E-state index < -0.39 is 211 Å². The van der Waals surface area contributed by atoms with E-state index in [0.717, 1.165) is 199 Å². The fourth-order valence-corrected chi connectivity index (χ4v) is 16.4. The summed E-state index contributed by atoms with van der Waals surface area (Å²) in [6, 6.07) is 0. The number of aliphatic hydroxyl groups excluding tert-OH is 15. The van der Waals surface area contributed by atoms with Crippen LogP contribution < -0.4 is 0 Å². The van der Waals surface area contributed by atoms with Gasteiger partial charge in [0.15, 0.2) is 31.5 Å². The monoisotopic (exact) mass is 1680 g/mol. The summed E-state index contributed by atoms with van der Waals surface area (Å²) in [6.45, 7) is 0.888. The number of rotatable bonds is 54. The number of fused-ring (bicyclic) bond motifs is 4. The number of Topliss-reactive ketones (excluding diaryl/α,β-unsaturated/α-hetero) is 1. The van der Waals surface area contributed by atoms with Crippen molar-refractivity contribution in [1.29, 1.82) is 0 Å². The fourth-order valence-electron chi connectivity index (χ4n) is 16.4. The molecule has 33 heteroatoms. The van der Waals surface area contributed by atoms with Crippen molar-refractivity contribution in [3.8, 4) is 0 Å². The van der Waals surface area contributed by atoms with Crippen LogP contribution in [0.1, 0.15) is 271 Å². The van der Waals surface area contributed by atoms with Gasteiger partial charge in [0, 0.05) is 27.8 Å². The normalized spacial score (nSPS) is 35.3. The van der Waals surface area contributed by atoms with Crippen LogP contribution in [0.3, 0.4) is 0 Å². The number of methoxy groups -OCH3 is 3. The molecule has 6 heterocycles. The van der Waals surface area contributed by atoms with Gasteiger partial charge in [-0.1, -0.05) is 186 Å². The number of unbranched alkanes of at least 4 members (excludes halogenated alkanes) is 26. The lowest BCUT2D eigenvalue weighted by Gasteiger charge is -2.42. The van der Waals surface area contributed by atoms with E-state index in [1.165, 1.54) is 21.3 Å². The Bertz CT molecular complexity index is 2570. The second-order valence-corrected chi connectivity index (χ2v) is 33.1. The number of hydrogen-bond acceptors (Lipinski definition) is 33. The molecule has 0 amide bonds. The number of hydrogen-bond donors (Lipinski definition) is 15. The lowest BCUT2D eigenvalue weighted by atomic mass is 9.98. The first kappa shape index (κ1) is 102. The molecule has 0 aromatic heterocycles. The van der Waals surface area contributed by atoms with Crippen molar-refractivity contribution in [1.82, 2.24) is 0 Å². The van der Waals surface area contributed by atoms with E-state index in [-0.39, 0.29) is 36.9 Å². The smallest absolute Gasteiger partial charge is 0.308 e. The first-order chi connectivity index (χ1) is 55.9. The average molecular weight is 1680 g/mol. The van der Waals surface area contributed by atoms with Gasteiger partial charge in [0.1, 0.15) is 141 Å². The number of cyclic esters (lactones) is 2. The van der Waals surface area contributed by atoms with E-state index in [4.69, 9.17) is 71.1 Å². The van der Waals surface area contributed by atoms with E-state index >= 15 is 0 Å². The summed E-state index contributed by atoms with van der Waals surface area (Å²) in [5.41, 5.74) is 0. The molecule has 15 N–H and O–H groups in total. The van der Waals surface area contributed by atoms with Crippen LogP contribution >= 0.6 is 0 Å². The quantitative estimate of drug-likeness (QED) is 0.0300. The average Bonchev–Trinajstić information content (AvgIpc) is 0.834. The van der Waals surface area contributed by atoms with Gasteiger partial charge >= 0.3 is 11.9 Å². The second-order valence-electron chi connectivity index (χ2n) is 33.1. The van der Waals surface area contributed by atoms with Gasteiger partial charge < -0.3 is 152 Å². The molecule has 30 atom stereocenters. The molecule has 0 saturated carbocycles. The Balaban J connectivity index is 0.872. The van der Waals surface area contributed by atoms with Crippen LogP contribution in [-0.2, 0) is 85.4 Å². The second kappa shape index (κ2) is 57.1. The summed E-state index contributed by atoms with van der Waals surface area (Å²) in [4.78, 5) is 38.7. The third-order valence-corrected chi connectivity index (χ3v) is 23.7. The van der Waals surface area contributed by atoms with Gasteiger partial charge in [-0.25, -0.2) is 0 Å². The van der Waals surface area contributed by atoms with Crippen molar-refractivity contribution in [2.24, 2.45) is 0 Å². The van der Waals surface area contributed by atoms with E-state index in [0.29, 0.717) is 44.9 Å². The van der Waals surface area contributed by atoms with Crippen molar-refractivity contribution < 1.29 is 162 Å². The lowest BCUT2D eigenvalue weighted by molar-refractivity contribution is -0.316. The highest BCUT2D eigenvalue weighted by molar-refractivity contribution is 5.75. The number of carbonyl (C=O) groups excluding carboxylic acids is 3. The zero-order valence-electron chi connectivity index (χ0n) is 69.7. The van der Waals surface area contributed by atoms with Crippen LogP contribution in [0, 0.1) is 0 Å². The van der Waals surface area contributed by atoms with Gasteiger partial charge in [-0.15, -0.1) is 0 Å². The molecule has 116 heavy (non-hydrogen) atoms. The molecule has 0 aliphatic carbocycles. The topological polar surface area (TPSA) is 493 Å². The summed E-state index contributed by atoms with van der Waals surface area (Å²) in [5.74, 6) is -1.39. The maximum atomic E-state index is 13.6. The minimum Gasteiger partial charge on any atom is -0.463 e. The van der Waals surface area contributed by atoms with Crippen molar-refractivity contribution in [3.63, 3.8) is 0 Å². The molecule has 33 nitrogen and oxygen atoms in total. The predicted octanol–water partition coefficient (Wildman–Crippen LogP) is 4.20. The highest BCUT2D eigenvalue weighted by Gasteiger charge is 2.51. The molecule has 0 spiro atoms. The minimum absolute atomic E-state index is 0.153. The third kappa shape index (κ3) is 34.9. The van der Waals surface area contributed by atoms with Crippen LogP contribution in [-0.4, -0.2) is 333 Å². The first-order valence-corrected chi connectivity index (χ1v) is 43.8. The van der Waals surface area contributed by atoms with Gasteiger partial charge in [0.2, 0.25) is 0 Å². The predicted molar refractivity (Wildman–Crippen MR) is 416 cm³/mol. The molecule has 0 aromatic carbocycles. The van der Waals surface area contributed by atoms with Crippen molar-refractivity contribution in [3.05, 3.63) is 0 Å². The van der Waals surface area contributed by atoms with Gasteiger partial charge in [0.05, 0.1) is 63.2 Å². The molecule has 6 fully saturated rings. The van der Waals surface area contributed by atoms with E-state index in [2.05, 4.69) is 0 Å². The van der Waals surface area contributed by atoms with Crippen LogP contribution in [0.5, 0.6) is 0 Å². The molecule has 4 bridgehead atoms. The number of ether oxygens (including phenoxy) is 15. The number of esters is 2. The van der Waals surface area contributed by atoms with E-state index in [1.807, 2.05) is 6.92 Å². The standard InChI is InChI=1S/C83H150O33/c1-51(87)36-28-26-34-40-53(108-82-77(103-4)72(98)65(91)58(47-85)113-82)38-30-22-19-15-12-9-13-17-21-25-33-43-56-45-63(89)106-50-60-67(93)69(95)74(100)79(115-60)110-55(44-62(88)105-49-61-68(94)70(96)75(101)80(111-56)116-61)42-32-24-20-16-11-8-6-7-10-14-18-23-31-39-54(109-83-78(104-5)73(99)66(92)59(48-86)114-83)41-35-27-29-37-52(2)107-81-76(102-3)71(97)64(90)57(46-84)112-81/h52-61,64-86,90-101H,6-50H2,1-5H3/t52?,53?,54?,55?,56?,57-,58-,59-,60?,61?,64-,65-,66-,67?,68?,69?,70?,71+,72+,73+,74?,75?,76-,77-,78-,79?,80?,81-,82-,83-/m1/s1. The minimum atomic E-state index is -1.77. The summed E-state index contributed by atoms with van der Waals surface area (Å²) in [6.07, 6.45) is -3.53. The third-order valence-electron chi connectivity index (χ3n) is 23.7. The molecule has 0 aromatic rings. The summed E-state index contributed by atoms with van der Waals surface area (Å²) in [5, 5.41) is 159. The Hall–Kier alpha value is -2.51. The van der Waals surface area contributed by atoms with Crippen LogP contribution in [0.2, 0.25) is 0 Å². The van der Waals surface area contributed by atoms with Crippen molar-refractivity contribution in [2.75, 3.05) is 54.4 Å². The van der Waals surface area contributed by atoms with Crippen LogP contribution in [0.4, 0.5) is 0 Å². The van der Waals surface area contributed by atoms with Crippen molar-refractivity contribution in [2.45, 2.75) is 455 Å². The highest BCUT2D eigenvalue weighted by Crippen LogP contribution is 2.34. The molecule has 6 aliphatic heterocycles. The Morgan fingerprint density at radius 2 is 0.629 bits per heavy atom. The maximum Gasteiger partial charge on any atom is 0.308 e. The molecule has 6 saturated heterocycles. The Labute approximate surface area is 686 Å². The maximum absolute atomic E-state index is 13.6. The largest absolute Gasteiger partial charge is 0.463 e. The molecular weight excluding hydrogens is 1520 g/mol. The summed E-state index contributed by atoms with van der Waals surface area (Å²) >= 11 is 0. The number of carbonyl (C=O) groups is 3. The Kier molecular flexibility index (Phi) is 50.3. The molecule has 6 rings (SSSR count). The molecule has 0 radical (unpaired) electrons. The zero-order chi connectivity index (χ0) is 84.5. The molecular formula is C83H150O33. The zero-order valence-corrected chi connectivity index (χ0v) is 69.7. The van der Waals surface area contributed by atoms with Crippen LogP contribution in [0.25, 0.3) is 0 Å². The summed E-state index contributed by atoms with van der Waals surface area (Å²) in [7, 11) is 4.21. The van der Waals surface area contributed by atoms with Gasteiger partial charge in [-0.2, -0.15) is 0 Å². The number of ketones is 1. The number of aliphatic hydroxyl groups is 15. The van der Waals surface area contributed by atoms with Gasteiger partial charge in [-0.3, -0.25) is 9.59 Å². The van der Waals surface area contributed by atoms with Crippen LogP contribution in [0.15, 0.2) is 0 Å². The van der Waals surface area contributed by atoms with Crippen molar-refractivity contribution >= 4 is 17.7 Å². The van der Waals surface area contributed by atoms with E-state index in [9.17, 15) is 91.0 Å². The molecule has 6 aliphatic rings. The Morgan fingerprint density at radius 3 is 0.940 bits per heavy atom.